The SMILES string of the molecule is C1=CCC(c2cc(-c3ccc(C4C=CC=C(c5cc6c(c7ccccc57)Cc5cccc(C7=CCC(n8c9c(c%10ccccc%108)C=CC9)C=C7)c5-6)C4)cc3)nc(-c3ccccc3)n2)=C1. The lowest BCUT2D eigenvalue weighted by atomic mass is 9.82. The summed E-state index contributed by atoms with van der Waals surface area (Å²) in [5.41, 5.74) is 21.8. The van der Waals surface area contributed by atoms with Crippen molar-refractivity contribution in [3.63, 3.8) is 0 Å². The molecule has 5 aliphatic rings. The molecule has 64 heavy (non-hydrogen) atoms. The molecule has 0 saturated heterocycles. The molecule has 6 aromatic carbocycles. The van der Waals surface area contributed by atoms with Crippen LogP contribution in [0.5, 0.6) is 0 Å². The molecule has 2 aromatic heterocycles. The summed E-state index contributed by atoms with van der Waals surface area (Å²) in [7, 11) is 0. The lowest BCUT2D eigenvalue weighted by Gasteiger charge is -2.23. The number of hydrogen-bond donors (Lipinski definition) is 0. The molecule has 0 saturated carbocycles. The molecule has 8 aromatic rings. The Balaban J connectivity index is 0.813. The van der Waals surface area contributed by atoms with Crippen molar-refractivity contribution in [3.05, 3.63) is 239 Å². The summed E-state index contributed by atoms with van der Waals surface area (Å²) in [5.74, 6) is 1.02. The average Bonchev–Trinajstić information content (AvgIpc) is 4.20. The van der Waals surface area contributed by atoms with Crippen LogP contribution >= 0.6 is 0 Å². The minimum Gasteiger partial charge on any atom is -0.336 e. The fraction of sp³-hybridized carbons (Fsp3) is 0.115. The molecule has 13 rings (SSSR count). The number of allylic oxidation sites excluding steroid dienone is 13. The Morgan fingerprint density at radius 3 is 2.23 bits per heavy atom. The van der Waals surface area contributed by atoms with Crippen LogP contribution in [0.3, 0.4) is 0 Å². The molecule has 0 radical (unpaired) electrons. The normalized spacial score (nSPS) is 18.0. The van der Waals surface area contributed by atoms with Gasteiger partial charge in [-0.1, -0.05) is 182 Å². The topological polar surface area (TPSA) is 30.7 Å². The van der Waals surface area contributed by atoms with Gasteiger partial charge in [0, 0.05) is 45.6 Å². The minimum atomic E-state index is 0.263. The summed E-state index contributed by atoms with van der Waals surface area (Å²) >= 11 is 0. The molecule has 3 nitrogen and oxygen atoms in total. The second kappa shape index (κ2) is 15.0. The quantitative estimate of drug-likeness (QED) is 0.160. The summed E-state index contributed by atoms with van der Waals surface area (Å²) < 4.78 is 2.59. The van der Waals surface area contributed by atoms with Gasteiger partial charge in [-0.05, 0) is 110 Å². The van der Waals surface area contributed by atoms with Crippen LogP contribution in [0, 0.1) is 0 Å². The first-order valence-electron chi connectivity index (χ1n) is 22.8. The van der Waals surface area contributed by atoms with Crippen molar-refractivity contribution >= 4 is 44.5 Å². The fourth-order valence-electron chi connectivity index (χ4n) is 11.1. The van der Waals surface area contributed by atoms with Gasteiger partial charge in [0.1, 0.15) is 0 Å². The number of para-hydroxylation sites is 1. The van der Waals surface area contributed by atoms with Crippen LogP contribution in [-0.2, 0) is 12.8 Å². The smallest absolute Gasteiger partial charge is 0.160 e. The Morgan fingerprint density at radius 2 is 1.39 bits per heavy atom. The van der Waals surface area contributed by atoms with E-state index in [2.05, 4.69) is 199 Å². The molecular formula is C61H45N3. The van der Waals surface area contributed by atoms with Gasteiger partial charge in [-0.3, -0.25) is 0 Å². The lowest BCUT2D eigenvalue weighted by molar-refractivity contribution is 0.611. The molecule has 0 amide bonds. The van der Waals surface area contributed by atoms with Crippen LogP contribution in [0.2, 0.25) is 0 Å². The Morgan fingerprint density at radius 1 is 0.578 bits per heavy atom. The van der Waals surface area contributed by atoms with Crippen molar-refractivity contribution in [2.45, 2.75) is 44.1 Å². The van der Waals surface area contributed by atoms with E-state index in [4.69, 9.17) is 9.97 Å². The van der Waals surface area contributed by atoms with E-state index in [1.165, 1.54) is 88.6 Å². The van der Waals surface area contributed by atoms with E-state index in [1.807, 2.05) is 6.07 Å². The van der Waals surface area contributed by atoms with Gasteiger partial charge in [0.05, 0.1) is 17.4 Å². The standard InChI is InChI=1S/C61H45N3/c1-2-15-43(16-3-1)61-62-56(41-13-4-5-14-41)38-57(63-61)42-29-27-39(28-30-42)44-17-10-18-45(35-44)53-37-55-54(50-21-7-6-20-49(50)53)36-46-19-11-23-48(60(46)55)40-31-33-47(34-32-40)64-58-25-9-8-22-51(58)52-24-12-26-59(52)64/h1-13,15-25,27-33,37-38,44,47H,14,26,34-36H2. The molecule has 3 heteroatoms. The maximum atomic E-state index is 5.09. The Kier molecular flexibility index (Phi) is 8.69. The van der Waals surface area contributed by atoms with Crippen LogP contribution in [0.4, 0.5) is 0 Å². The van der Waals surface area contributed by atoms with E-state index in [-0.39, 0.29) is 5.92 Å². The molecule has 5 aliphatic carbocycles. The van der Waals surface area contributed by atoms with Gasteiger partial charge in [0.15, 0.2) is 5.82 Å². The molecular weight excluding hydrogens is 775 g/mol. The summed E-state index contributed by atoms with van der Waals surface area (Å²) in [4.78, 5) is 10.1. The van der Waals surface area contributed by atoms with Crippen molar-refractivity contribution in [2.24, 2.45) is 0 Å². The number of hydrogen-bond acceptors (Lipinski definition) is 2. The van der Waals surface area contributed by atoms with Crippen LogP contribution in [0.25, 0.3) is 78.2 Å². The van der Waals surface area contributed by atoms with Crippen molar-refractivity contribution in [1.29, 1.82) is 0 Å². The predicted octanol–water partition coefficient (Wildman–Crippen LogP) is 15.1. The van der Waals surface area contributed by atoms with Gasteiger partial charge in [-0.15, -0.1) is 0 Å². The molecule has 0 spiro atoms. The van der Waals surface area contributed by atoms with Gasteiger partial charge in [-0.25, -0.2) is 9.97 Å². The number of fused-ring (bicyclic) bond motifs is 8. The third-order valence-corrected chi connectivity index (χ3v) is 14.2. The molecule has 0 bridgehead atoms. The Labute approximate surface area is 374 Å². The highest BCUT2D eigenvalue weighted by atomic mass is 15.0. The van der Waals surface area contributed by atoms with Crippen molar-refractivity contribution in [3.8, 4) is 33.8 Å². The zero-order valence-electron chi connectivity index (χ0n) is 35.6. The first-order valence-corrected chi connectivity index (χ1v) is 22.8. The molecule has 0 fully saturated rings. The largest absolute Gasteiger partial charge is 0.336 e. The van der Waals surface area contributed by atoms with Crippen molar-refractivity contribution in [2.75, 3.05) is 0 Å². The number of rotatable bonds is 7. The predicted molar refractivity (Wildman–Crippen MR) is 267 cm³/mol. The van der Waals surface area contributed by atoms with E-state index in [0.717, 1.165) is 60.4 Å². The Bertz CT molecular complexity index is 3450. The number of nitrogens with zero attached hydrogens (tertiary/aromatic N) is 3. The summed E-state index contributed by atoms with van der Waals surface area (Å²) in [5, 5.41) is 4.07. The third-order valence-electron chi connectivity index (χ3n) is 14.2. The fourth-order valence-corrected chi connectivity index (χ4v) is 11.1. The zero-order valence-corrected chi connectivity index (χ0v) is 35.6. The van der Waals surface area contributed by atoms with Crippen LogP contribution < -0.4 is 0 Å². The lowest BCUT2D eigenvalue weighted by Crippen LogP contribution is -2.11. The monoisotopic (exact) mass is 819 g/mol. The average molecular weight is 820 g/mol. The highest BCUT2D eigenvalue weighted by Crippen LogP contribution is 2.49. The molecule has 2 unspecified atom stereocenters. The first kappa shape index (κ1) is 37.0. The molecule has 2 atom stereocenters. The highest BCUT2D eigenvalue weighted by molar-refractivity contribution is 6.04. The first-order chi connectivity index (χ1) is 31.7. The van der Waals surface area contributed by atoms with Crippen LogP contribution in [0.1, 0.15) is 76.0 Å². The second-order valence-electron chi connectivity index (χ2n) is 17.8. The number of aromatic nitrogens is 3. The van der Waals surface area contributed by atoms with Gasteiger partial charge in [0.2, 0.25) is 0 Å². The van der Waals surface area contributed by atoms with E-state index in [9.17, 15) is 0 Å². The van der Waals surface area contributed by atoms with Crippen LogP contribution in [0.15, 0.2) is 194 Å². The van der Waals surface area contributed by atoms with E-state index >= 15 is 0 Å². The second-order valence-corrected chi connectivity index (χ2v) is 17.8. The van der Waals surface area contributed by atoms with Crippen molar-refractivity contribution in [1.82, 2.24) is 14.5 Å². The summed E-state index contributed by atoms with van der Waals surface area (Å²) in [6, 6.07) is 49.4. The van der Waals surface area contributed by atoms with Gasteiger partial charge in [-0.2, -0.15) is 0 Å². The molecule has 304 valence electrons. The van der Waals surface area contributed by atoms with Gasteiger partial charge in [0.25, 0.3) is 0 Å². The maximum Gasteiger partial charge on any atom is 0.160 e. The molecule has 0 N–H and O–H groups in total. The Hall–Kier alpha value is -7.62. The van der Waals surface area contributed by atoms with Gasteiger partial charge >= 0.3 is 0 Å². The van der Waals surface area contributed by atoms with E-state index in [1.54, 1.807) is 0 Å². The number of benzene rings is 6. The van der Waals surface area contributed by atoms with E-state index < -0.39 is 0 Å². The molecule has 0 aliphatic heterocycles. The summed E-state index contributed by atoms with van der Waals surface area (Å²) in [6.45, 7) is 0. The van der Waals surface area contributed by atoms with E-state index in [0.29, 0.717) is 6.04 Å². The van der Waals surface area contributed by atoms with Gasteiger partial charge < -0.3 is 4.57 Å². The zero-order chi connectivity index (χ0) is 42.1. The summed E-state index contributed by atoms with van der Waals surface area (Å²) in [6.07, 6.45) is 30.2. The maximum absolute atomic E-state index is 5.09. The highest BCUT2D eigenvalue weighted by Gasteiger charge is 2.29. The third kappa shape index (κ3) is 6.10. The van der Waals surface area contributed by atoms with Crippen LogP contribution in [-0.4, -0.2) is 14.5 Å². The van der Waals surface area contributed by atoms with Crippen molar-refractivity contribution < 1.29 is 0 Å². The minimum absolute atomic E-state index is 0.263. The molecule has 2 heterocycles.